The minimum atomic E-state index is -0.637. The number of ether oxygens (including phenoxy) is 1. The normalized spacial score (nSPS) is 10.3. The maximum absolute atomic E-state index is 12.1. The lowest BCUT2D eigenvalue weighted by Crippen LogP contribution is -2.30. The van der Waals surface area contributed by atoms with Gasteiger partial charge in [0.2, 0.25) is 0 Å². The minimum absolute atomic E-state index is 0.220. The van der Waals surface area contributed by atoms with Crippen LogP contribution in [0.25, 0.3) is 0 Å². The van der Waals surface area contributed by atoms with Crippen LogP contribution in [0.3, 0.4) is 0 Å². The van der Waals surface area contributed by atoms with E-state index in [1.54, 1.807) is 37.4 Å². The van der Waals surface area contributed by atoms with E-state index in [2.05, 4.69) is 15.9 Å². The highest BCUT2D eigenvalue weighted by Crippen LogP contribution is 2.19. The van der Waals surface area contributed by atoms with Crippen LogP contribution < -0.4 is 5.73 Å². The number of hydrogen-bond acceptors (Lipinski definition) is 4. The molecule has 2 aromatic rings. The zero-order valence-electron chi connectivity index (χ0n) is 13.0. The van der Waals surface area contributed by atoms with Crippen molar-refractivity contribution in [3.8, 4) is 0 Å². The van der Waals surface area contributed by atoms with Crippen LogP contribution in [0, 0.1) is 0 Å². The Labute approximate surface area is 153 Å². The standard InChI is InChI=1S/C17H16BrClN2O3/c1-21(9-11-2-5-13(19)6-3-11)16(22)10-24-17(23)14-8-12(18)4-7-15(14)20/h2-8H,9-10,20H2,1H3. The van der Waals surface area contributed by atoms with Gasteiger partial charge in [-0.1, -0.05) is 39.7 Å². The van der Waals surface area contributed by atoms with Crippen LogP contribution >= 0.6 is 27.5 Å². The molecule has 0 atom stereocenters. The van der Waals surface area contributed by atoms with Gasteiger partial charge in [-0.25, -0.2) is 4.79 Å². The molecule has 0 saturated heterocycles. The van der Waals surface area contributed by atoms with Crippen molar-refractivity contribution < 1.29 is 14.3 Å². The molecule has 0 heterocycles. The highest BCUT2D eigenvalue weighted by atomic mass is 79.9. The molecule has 2 rings (SSSR count). The Balaban J connectivity index is 1.91. The lowest BCUT2D eigenvalue weighted by molar-refractivity contribution is -0.133. The zero-order valence-corrected chi connectivity index (χ0v) is 15.3. The fraction of sp³-hybridized carbons (Fsp3) is 0.176. The van der Waals surface area contributed by atoms with E-state index in [0.717, 1.165) is 5.56 Å². The molecule has 2 aromatic carbocycles. The van der Waals surface area contributed by atoms with Crippen LogP contribution in [0.5, 0.6) is 0 Å². The molecule has 2 N–H and O–H groups in total. The van der Waals surface area contributed by atoms with Gasteiger partial charge in [0.15, 0.2) is 6.61 Å². The first-order chi connectivity index (χ1) is 11.4. The van der Waals surface area contributed by atoms with E-state index in [1.807, 2.05) is 12.1 Å². The first-order valence-electron chi connectivity index (χ1n) is 7.07. The lowest BCUT2D eigenvalue weighted by Gasteiger charge is -2.17. The number of likely N-dealkylation sites (N-methyl/N-ethyl adjacent to an activating group) is 1. The number of hydrogen-bond donors (Lipinski definition) is 1. The van der Waals surface area contributed by atoms with E-state index in [0.29, 0.717) is 21.7 Å². The molecule has 0 saturated carbocycles. The number of carbonyl (C=O) groups is 2. The molecule has 0 radical (unpaired) electrons. The van der Waals surface area contributed by atoms with E-state index >= 15 is 0 Å². The average Bonchev–Trinajstić information content (AvgIpc) is 2.56. The fourth-order valence-corrected chi connectivity index (χ4v) is 2.46. The van der Waals surface area contributed by atoms with Gasteiger partial charge in [0.25, 0.3) is 5.91 Å². The highest BCUT2D eigenvalue weighted by molar-refractivity contribution is 9.10. The van der Waals surface area contributed by atoms with Crippen LogP contribution in [-0.4, -0.2) is 30.4 Å². The Hall–Kier alpha value is -2.05. The van der Waals surface area contributed by atoms with Gasteiger partial charge in [0, 0.05) is 28.8 Å². The molecule has 0 fully saturated rings. The first-order valence-corrected chi connectivity index (χ1v) is 8.24. The molecular weight excluding hydrogens is 396 g/mol. The maximum atomic E-state index is 12.1. The Morgan fingerprint density at radius 3 is 2.54 bits per heavy atom. The van der Waals surface area contributed by atoms with Crippen molar-refractivity contribution in [1.29, 1.82) is 0 Å². The number of nitrogen functional groups attached to an aromatic ring is 1. The molecule has 0 aliphatic carbocycles. The smallest absolute Gasteiger partial charge is 0.340 e. The molecule has 0 spiro atoms. The second-order valence-corrected chi connectivity index (χ2v) is 6.54. The summed E-state index contributed by atoms with van der Waals surface area (Å²) in [7, 11) is 1.64. The van der Waals surface area contributed by atoms with Crippen molar-refractivity contribution in [3.63, 3.8) is 0 Å². The Morgan fingerprint density at radius 2 is 1.88 bits per heavy atom. The molecule has 24 heavy (non-hydrogen) atoms. The van der Waals surface area contributed by atoms with Crippen LogP contribution in [0.2, 0.25) is 5.02 Å². The van der Waals surface area contributed by atoms with Crippen LogP contribution in [0.4, 0.5) is 5.69 Å². The van der Waals surface area contributed by atoms with Gasteiger partial charge in [-0.05, 0) is 35.9 Å². The van der Waals surface area contributed by atoms with Crippen LogP contribution in [-0.2, 0) is 16.1 Å². The monoisotopic (exact) mass is 410 g/mol. The van der Waals surface area contributed by atoms with Gasteiger partial charge in [-0.2, -0.15) is 0 Å². The maximum Gasteiger partial charge on any atom is 0.340 e. The topological polar surface area (TPSA) is 72.6 Å². The summed E-state index contributed by atoms with van der Waals surface area (Å²) in [6.07, 6.45) is 0. The molecule has 0 bridgehead atoms. The number of anilines is 1. The quantitative estimate of drug-likeness (QED) is 0.604. The van der Waals surface area contributed by atoms with Crippen molar-refractivity contribution in [2.45, 2.75) is 6.54 Å². The SMILES string of the molecule is CN(Cc1ccc(Cl)cc1)C(=O)COC(=O)c1cc(Br)ccc1N. The average molecular weight is 412 g/mol. The molecule has 1 amide bonds. The van der Waals surface area contributed by atoms with Gasteiger partial charge in [-0.3, -0.25) is 4.79 Å². The van der Waals surface area contributed by atoms with E-state index in [4.69, 9.17) is 22.1 Å². The second-order valence-electron chi connectivity index (χ2n) is 5.18. The summed E-state index contributed by atoms with van der Waals surface area (Å²) < 4.78 is 5.76. The largest absolute Gasteiger partial charge is 0.452 e. The van der Waals surface area contributed by atoms with Gasteiger partial charge in [0.1, 0.15) is 0 Å². The van der Waals surface area contributed by atoms with Crippen molar-refractivity contribution in [3.05, 3.63) is 63.1 Å². The van der Waals surface area contributed by atoms with Gasteiger partial charge in [-0.15, -0.1) is 0 Å². The van der Waals surface area contributed by atoms with Crippen molar-refractivity contribution in [2.75, 3.05) is 19.4 Å². The zero-order chi connectivity index (χ0) is 17.7. The van der Waals surface area contributed by atoms with Crippen LogP contribution in [0.1, 0.15) is 15.9 Å². The summed E-state index contributed by atoms with van der Waals surface area (Å²) in [6, 6.07) is 12.0. The van der Waals surface area contributed by atoms with Gasteiger partial charge < -0.3 is 15.4 Å². The first kappa shape index (κ1) is 18.3. The van der Waals surface area contributed by atoms with E-state index in [-0.39, 0.29) is 18.1 Å². The summed E-state index contributed by atoms with van der Waals surface area (Å²) >= 11 is 9.09. The summed E-state index contributed by atoms with van der Waals surface area (Å²) in [4.78, 5) is 25.6. The number of nitrogens with two attached hydrogens (primary N) is 1. The molecule has 126 valence electrons. The van der Waals surface area contributed by atoms with Crippen molar-refractivity contribution in [1.82, 2.24) is 4.90 Å². The molecule has 0 aliphatic heterocycles. The summed E-state index contributed by atoms with van der Waals surface area (Å²) in [5.74, 6) is -0.950. The molecular formula is C17H16BrClN2O3. The fourth-order valence-electron chi connectivity index (χ4n) is 1.97. The number of benzene rings is 2. The van der Waals surface area contributed by atoms with Crippen molar-refractivity contribution in [2.24, 2.45) is 0 Å². The predicted octanol–water partition coefficient (Wildman–Crippen LogP) is 3.50. The van der Waals surface area contributed by atoms with Crippen LogP contribution in [0.15, 0.2) is 46.9 Å². The number of carbonyl (C=O) groups excluding carboxylic acids is 2. The molecule has 0 aromatic heterocycles. The van der Waals surface area contributed by atoms with E-state index < -0.39 is 5.97 Å². The number of rotatable bonds is 5. The Morgan fingerprint density at radius 1 is 1.21 bits per heavy atom. The Kier molecular flexibility index (Phi) is 6.23. The lowest BCUT2D eigenvalue weighted by atomic mass is 10.2. The summed E-state index contributed by atoms with van der Waals surface area (Å²) in [5, 5.41) is 0.633. The predicted molar refractivity (Wildman–Crippen MR) is 96.8 cm³/mol. The van der Waals surface area contributed by atoms with Crippen molar-refractivity contribution >= 4 is 45.1 Å². The van der Waals surface area contributed by atoms with E-state index in [1.165, 1.54) is 4.90 Å². The highest BCUT2D eigenvalue weighted by Gasteiger charge is 2.16. The Bertz CT molecular complexity index is 750. The molecule has 7 heteroatoms. The third-order valence-corrected chi connectivity index (χ3v) is 4.07. The third kappa shape index (κ3) is 4.97. The molecule has 0 aliphatic rings. The molecule has 5 nitrogen and oxygen atoms in total. The summed E-state index contributed by atoms with van der Waals surface area (Å²) in [5.41, 5.74) is 7.19. The third-order valence-electron chi connectivity index (χ3n) is 3.32. The van der Waals surface area contributed by atoms with E-state index in [9.17, 15) is 9.59 Å². The number of amides is 1. The summed E-state index contributed by atoms with van der Waals surface area (Å²) in [6.45, 7) is 0.0431. The van der Waals surface area contributed by atoms with Gasteiger partial charge >= 0.3 is 5.97 Å². The minimum Gasteiger partial charge on any atom is -0.452 e. The second kappa shape index (κ2) is 8.17. The number of nitrogens with zero attached hydrogens (tertiary/aromatic N) is 1. The molecule has 0 unspecified atom stereocenters. The van der Waals surface area contributed by atoms with Gasteiger partial charge in [0.05, 0.1) is 5.56 Å². The number of halogens is 2. The number of esters is 1.